The smallest absolute Gasteiger partial charge is 0.248 e. The Balaban J connectivity index is 1.14. The van der Waals surface area contributed by atoms with Crippen LogP contribution in [0.4, 0.5) is 0 Å². The Bertz CT molecular complexity index is 3860. The number of para-hydroxylation sites is 1. The highest BCUT2D eigenvalue weighted by molar-refractivity contribution is 7.07. The normalized spacial score (nSPS) is 13.1. The van der Waals surface area contributed by atoms with Crippen LogP contribution in [0.15, 0.2) is 212 Å². The van der Waals surface area contributed by atoms with Crippen LogP contribution in [0, 0.1) is 0 Å². The molecular formula is C60H35B3N. The molecular weight excluding hydrogens is 767 g/mol. The highest BCUT2D eigenvalue weighted by atomic mass is 15.0. The largest absolute Gasteiger partial charge is 0.310 e. The van der Waals surface area contributed by atoms with Crippen molar-refractivity contribution in [2.75, 3.05) is 0 Å². The van der Waals surface area contributed by atoms with Gasteiger partial charge in [0.2, 0.25) is 13.4 Å². The molecule has 11 aromatic rings. The number of hydrogen-bond donors (Lipinski definition) is 0. The van der Waals surface area contributed by atoms with Gasteiger partial charge in [0.15, 0.2) is 7.28 Å². The molecule has 4 aliphatic rings. The van der Waals surface area contributed by atoms with Gasteiger partial charge in [0, 0.05) is 22.0 Å². The minimum absolute atomic E-state index is 0.0288. The summed E-state index contributed by atoms with van der Waals surface area (Å²) >= 11 is 0. The van der Waals surface area contributed by atoms with Crippen molar-refractivity contribution < 1.29 is 0 Å². The van der Waals surface area contributed by atoms with Crippen molar-refractivity contribution in [3.63, 3.8) is 0 Å². The van der Waals surface area contributed by atoms with Crippen LogP contribution in [0.3, 0.4) is 0 Å². The summed E-state index contributed by atoms with van der Waals surface area (Å²) in [6, 6.07) is 80.6. The molecule has 0 saturated carbocycles. The van der Waals surface area contributed by atoms with E-state index in [-0.39, 0.29) is 13.4 Å². The molecule has 4 heteroatoms. The summed E-state index contributed by atoms with van der Waals surface area (Å²) < 4.78 is 2.64. The third kappa shape index (κ3) is 4.47. The second-order valence-corrected chi connectivity index (χ2v) is 18.0. The second-order valence-electron chi connectivity index (χ2n) is 18.0. The van der Waals surface area contributed by atoms with Crippen LogP contribution in [0.1, 0.15) is 0 Å². The Labute approximate surface area is 373 Å². The number of benzene rings is 10. The Morgan fingerprint density at radius 1 is 0.312 bits per heavy atom. The minimum Gasteiger partial charge on any atom is -0.310 e. The van der Waals surface area contributed by atoms with Crippen LogP contribution in [0.25, 0.3) is 94.3 Å². The first-order chi connectivity index (χ1) is 31.8. The molecule has 0 saturated heterocycles. The van der Waals surface area contributed by atoms with E-state index in [9.17, 15) is 0 Å². The average Bonchev–Trinajstić information content (AvgIpc) is 3.74. The fourth-order valence-corrected chi connectivity index (χ4v) is 12.6. The molecule has 0 unspecified atom stereocenters. The fraction of sp³-hybridized carbons (Fsp3) is 0. The van der Waals surface area contributed by atoms with Gasteiger partial charge in [0.25, 0.3) is 0 Å². The molecule has 0 atom stereocenters. The topological polar surface area (TPSA) is 4.93 Å². The molecule has 0 N–H and O–H groups in total. The summed E-state index contributed by atoms with van der Waals surface area (Å²) in [6.45, 7) is -0.0619. The van der Waals surface area contributed by atoms with Gasteiger partial charge in [-0.15, -0.1) is 0 Å². The molecule has 0 aliphatic carbocycles. The van der Waals surface area contributed by atoms with Crippen molar-refractivity contribution in [2.24, 2.45) is 0 Å². The van der Waals surface area contributed by atoms with Gasteiger partial charge in [-0.25, -0.2) is 0 Å². The van der Waals surface area contributed by atoms with Crippen molar-refractivity contribution in [3.8, 4) is 72.4 Å². The molecule has 4 aliphatic heterocycles. The maximum absolute atomic E-state index is 2.64. The molecule has 10 aromatic carbocycles. The second kappa shape index (κ2) is 12.9. The number of aromatic nitrogens is 1. The number of fused-ring (bicyclic) bond motifs is 22. The predicted octanol–water partition coefficient (Wildman–Crippen LogP) is 8.73. The predicted molar refractivity (Wildman–Crippen MR) is 274 cm³/mol. The summed E-state index contributed by atoms with van der Waals surface area (Å²) in [5, 5.41) is 2.65. The fourth-order valence-electron chi connectivity index (χ4n) is 12.6. The minimum atomic E-state index is -0.0331. The standard InChI is InChI=1S/C60H35B3N/c1-5-21-40-37(18-1)39-20-4-8-24-43(39)47-29-16-34-55-58(47)62(51-31-12-9-25-44(40)51)53-35-50-59(56-48-27-11-14-33-54(48)64(55)60(53)56)63-52-32-13-10-26-45(52)41-22-6-2-17-36(41)38-19-3-7-23-42(38)46-28-15-30-49(61-50)57(46)63/h1-35H. The first-order valence-electron chi connectivity index (χ1n) is 22.6. The summed E-state index contributed by atoms with van der Waals surface area (Å²) in [5.41, 5.74) is 30.0. The lowest BCUT2D eigenvalue weighted by molar-refractivity contribution is 1.19. The first-order valence-corrected chi connectivity index (χ1v) is 22.6. The summed E-state index contributed by atoms with van der Waals surface area (Å²) in [6.07, 6.45) is 0. The van der Waals surface area contributed by atoms with Crippen molar-refractivity contribution in [1.29, 1.82) is 0 Å². The SMILES string of the molecule is [B]1c2cccc3c2B(c2ccccc2-c2ccccc2-c2ccccc2-3)c2c1cc1c3c2c2ccccc2n3-c2cccc3c2B1c1ccccc1-c1ccccc1-c1ccccc1-3. The van der Waals surface area contributed by atoms with Crippen LogP contribution in [0.2, 0.25) is 0 Å². The molecule has 1 aromatic heterocycles. The van der Waals surface area contributed by atoms with Gasteiger partial charge in [-0.3, -0.25) is 0 Å². The van der Waals surface area contributed by atoms with Crippen LogP contribution in [-0.4, -0.2) is 25.3 Å². The molecule has 0 bridgehead atoms. The summed E-state index contributed by atoms with van der Waals surface area (Å²) in [7, 11) is 2.52. The highest BCUT2D eigenvalue weighted by Gasteiger charge is 2.43. The van der Waals surface area contributed by atoms with E-state index in [4.69, 9.17) is 0 Å². The van der Waals surface area contributed by atoms with E-state index in [1.54, 1.807) is 0 Å². The van der Waals surface area contributed by atoms with Crippen molar-refractivity contribution in [3.05, 3.63) is 212 Å². The zero-order valence-electron chi connectivity index (χ0n) is 34.9. The van der Waals surface area contributed by atoms with Crippen molar-refractivity contribution in [2.45, 2.75) is 0 Å². The third-order valence-electron chi connectivity index (χ3n) is 15.0. The van der Waals surface area contributed by atoms with E-state index >= 15 is 0 Å². The van der Waals surface area contributed by atoms with Gasteiger partial charge < -0.3 is 4.57 Å². The van der Waals surface area contributed by atoms with Gasteiger partial charge in [0.05, 0.1) is 5.52 Å². The first kappa shape index (κ1) is 34.7. The Kier molecular flexibility index (Phi) is 6.99. The quantitative estimate of drug-likeness (QED) is 0.135. The van der Waals surface area contributed by atoms with Crippen molar-refractivity contribution >= 4 is 86.2 Å². The van der Waals surface area contributed by atoms with Gasteiger partial charge in [-0.1, -0.05) is 233 Å². The van der Waals surface area contributed by atoms with Gasteiger partial charge >= 0.3 is 0 Å². The maximum atomic E-state index is 2.64. The molecule has 1 nitrogen and oxygen atoms in total. The lowest BCUT2D eigenvalue weighted by Gasteiger charge is -2.34. The molecule has 64 heavy (non-hydrogen) atoms. The molecule has 1 radical (unpaired) electrons. The molecule has 0 fully saturated rings. The van der Waals surface area contributed by atoms with Gasteiger partial charge in [0.1, 0.15) is 0 Å². The van der Waals surface area contributed by atoms with E-state index in [0.29, 0.717) is 0 Å². The monoisotopic (exact) mass is 802 g/mol. The Morgan fingerprint density at radius 3 is 1.34 bits per heavy atom. The zero-order valence-corrected chi connectivity index (χ0v) is 34.9. The average molecular weight is 802 g/mol. The van der Waals surface area contributed by atoms with Gasteiger partial charge in [-0.05, 0) is 89.8 Å². The zero-order chi connectivity index (χ0) is 41.6. The van der Waals surface area contributed by atoms with Crippen LogP contribution in [-0.2, 0) is 0 Å². The Morgan fingerprint density at radius 2 is 0.750 bits per heavy atom. The summed E-state index contributed by atoms with van der Waals surface area (Å²) in [4.78, 5) is 0. The molecule has 15 rings (SSSR count). The van der Waals surface area contributed by atoms with Crippen LogP contribution >= 0.6 is 0 Å². The molecule has 0 amide bonds. The van der Waals surface area contributed by atoms with Gasteiger partial charge in [-0.2, -0.15) is 0 Å². The van der Waals surface area contributed by atoms with E-state index in [2.05, 4.69) is 224 Å². The number of nitrogens with zero attached hydrogens (tertiary/aromatic N) is 1. The Hall–Kier alpha value is -7.81. The number of hydrogen-bond acceptors (Lipinski definition) is 0. The maximum Gasteiger partial charge on any atom is 0.248 e. The van der Waals surface area contributed by atoms with E-state index in [1.165, 1.54) is 138 Å². The number of rotatable bonds is 0. The third-order valence-corrected chi connectivity index (χ3v) is 15.0. The lowest BCUT2D eigenvalue weighted by Crippen LogP contribution is -2.70. The van der Waals surface area contributed by atoms with E-state index in [0.717, 1.165) is 0 Å². The molecule has 289 valence electrons. The lowest BCUT2D eigenvalue weighted by atomic mass is 9.26. The van der Waals surface area contributed by atoms with E-state index in [1.807, 2.05) is 0 Å². The molecule has 5 heterocycles. The summed E-state index contributed by atoms with van der Waals surface area (Å²) in [5.74, 6) is 0. The van der Waals surface area contributed by atoms with E-state index < -0.39 is 0 Å². The van der Waals surface area contributed by atoms with Crippen molar-refractivity contribution in [1.82, 2.24) is 4.57 Å². The van der Waals surface area contributed by atoms with Crippen LogP contribution < -0.4 is 43.7 Å². The highest BCUT2D eigenvalue weighted by Crippen LogP contribution is 2.43. The molecule has 0 spiro atoms. The van der Waals surface area contributed by atoms with Crippen LogP contribution in [0.5, 0.6) is 0 Å².